The topological polar surface area (TPSA) is 99.4 Å². The first-order valence-electron chi connectivity index (χ1n) is 11.3. The molecule has 33 heavy (non-hydrogen) atoms. The van der Waals surface area contributed by atoms with Gasteiger partial charge < -0.3 is 14.6 Å². The van der Waals surface area contributed by atoms with Crippen LogP contribution in [0.25, 0.3) is 11.1 Å². The summed E-state index contributed by atoms with van der Waals surface area (Å²) in [5.41, 5.74) is 2.48. The van der Waals surface area contributed by atoms with E-state index in [0.717, 1.165) is 42.8 Å². The van der Waals surface area contributed by atoms with E-state index in [-0.39, 0.29) is 5.69 Å². The second kappa shape index (κ2) is 11.2. The van der Waals surface area contributed by atoms with E-state index in [1.54, 1.807) is 26.4 Å². The molecule has 2 heterocycles. The standard InChI is InChI=1S/C25H32N4O4/c1-5-7-14-25(32-3,33-4)24-27-21(29(28-24)16-6-2)17-18-10-12-19(13-11-18)20-9-8-15-26-22(20)23(30)31/h8-13,15H,5-7,14,16-17H2,1-4H3,(H,30,31). The molecule has 0 saturated carbocycles. The Bertz CT molecular complexity index is 1060. The Balaban J connectivity index is 1.89. The minimum atomic E-state index is -1.04. The van der Waals surface area contributed by atoms with E-state index in [9.17, 15) is 9.90 Å². The zero-order chi connectivity index (χ0) is 23.8. The van der Waals surface area contributed by atoms with Crippen molar-refractivity contribution < 1.29 is 19.4 Å². The first-order valence-corrected chi connectivity index (χ1v) is 11.3. The lowest BCUT2D eigenvalue weighted by atomic mass is 10.0. The Morgan fingerprint density at radius 3 is 2.42 bits per heavy atom. The molecule has 0 unspecified atom stereocenters. The number of carboxylic acid groups (broad SMARTS) is 1. The van der Waals surface area contributed by atoms with E-state index in [0.29, 0.717) is 24.2 Å². The van der Waals surface area contributed by atoms with Crippen molar-refractivity contribution in [3.63, 3.8) is 0 Å². The van der Waals surface area contributed by atoms with Crippen molar-refractivity contribution in [2.24, 2.45) is 0 Å². The molecule has 0 aliphatic rings. The minimum absolute atomic E-state index is 0.0418. The van der Waals surface area contributed by atoms with E-state index in [2.05, 4.69) is 18.8 Å². The summed E-state index contributed by atoms with van der Waals surface area (Å²) in [6, 6.07) is 11.3. The van der Waals surface area contributed by atoms with E-state index in [1.807, 2.05) is 28.9 Å². The second-order valence-corrected chi connectivity index (χ2v) is 7.92. The number of benzene rings is 1. The fourth-order valence-electron chi connectivity index (χ4n) is 3.84. The number of pyridine rings is 1. The van der Waals surface area contributed by atoms with Crippen molar-refractivity contribution in [3.05, 3.63) is 65.5 Å². The zero-order valence-corrected chi connectivity index (χ0v) is 19.7. The molecule has 0 radical (unpaired) electrons. The van der Waals surface area contributed by atoms with Crippen LogP contribution >= 0.6 is 0 Å². The molecule has 0 atom stereocenters. The summed E-state index contributed by atoms with van der Waals surface area (Å²) in [6.45, 7) is 4.97. The first-order chi connectivity index (χ1) is 16.0. The summed E-state index contributed by atoms with van der Waals surface area (Å²) in [5, 5.41) is 14.2. The average Bonchev–Trinajstić information content (AvgIpc) is 3.23. The molecule has 0 aliphatic carbocycles. The Kier molecular flexibility index (Phi) is 8.30. The lowest BCUT2D eigenvalue weighted by molar-refractivity contribution is -0.226. The number of carboxylic acids is 1. The molecule has 3 aromatic rings. The Morgan fingerprint density at radius 1 is 1.09 bits per heavy atom. The molecule has 0 spiro atoms. The third-order valence-electron chi connectivity index (χ3n) is 5.68. The summed E-state index contributed by atoms with van der Waals surface area (Å²) >= 11 is 0. The third kappa shape index (κ3) is 5.46. The van der Waals surface area contributed by atoms with Gasteiger partial charge in [0.2, 0.25) is 11.6 Å². The molecule has 8 nitrogen and oxygen atoms in total. The fraction of sp³-hybridized carbons (Fsp3) is 0.440. The quantitative estimate of drug-likeness (QED) is 0.399. The van der Waals surface area contributed by atoms with Crippen LogP contribution in [0.4, 0.5) is 0 Å². The summed E-state index contributed by atoms with van der Waals surface area (Å²) in [6.07, 6.45) is 5.63. The van der Waals surface area contributed by atoms with Crippen LogP contribution in [-0.4, -0.2) is 45.0 Å². The number of aromatic carboxylic acids is 1. The maximum Gasteiger partial charge on any atom is 0.355 e. The first kappa shape index (κ1) is 24.5. The maximum atomic E-state index is 11.5. The number of aryl methyl sites for hydroxylation is 1. The van der Waals surface area contributed by atoms with Crippen molar-refractivity contribution >= 4 is 5.97 Å². The van der Waals surface area contributed by atoms with Crippen LogP contribution in [0.3, 0.4) is 0 Å². The highest BCUT2D eigenvalue weighted by Gasteiger charge is 2.37. The fourth-order valence-corrected chi connectivity index (χ4v) is 3.84. The van der Waals surface area contributed by atoms with Crippen LogP contribution in [0, 0.1) is 0 Å². The number of hydrogen-bond acceptors (Lipinski definition) is 6. The van der Waals surface area contributed by atoms with Gasteiger partial charge >= 0.3 is 5.97 Å². The molecule has 0 saturated heterocycles. The molecule has 1 aromatic carbocycles. The number of ether oxygens (including phenoxy) is 2. The predicted molar refractivity (Wildman–Crippen MR) is 125 cm³/mol. The van der Waals surface area contributed by atoms with Crippen molar-refractivity contribution in [1.82, 2.24) is 19.7 Å². The maximum absolute atomic E-state index is 11.5. The van der Waals surface area contributed by atoms with Gasteiger partial charge in [-0.05, 0) is 30.0 Å². The Morgan fingerprint density at radius 2 is 1.82 bits per heavy atom. The van der Waals surface area contributed by atoms with Gasteiger partial charge in [-0.15, -0.1) is 0 Å². The monoisotopic (exact) mass is 452 g/mol. The molecular weight excluding hydrogens is 420 g/mol. The van der Waals surface area contributed by atoms with Gasteiger partial charge in [-0.25, -0.2) is 19.4 Å². The molecule has 3 rings (SSSR count). The molecule has 1 N–H and O–H groups in total. The van der Waals surface area contributed by atoms with E-state index in [4.69, 9.17) is 19.6 Å². The molecule has 0 aliphatic heterocycles. The number of aromatic nitrogens is 4. The number of unbranched alkanes of at least 4 members (excludes halogenated alkanes) is 1. The van der Waals surface area contributed by atoms with Crippen molar-refractivity contribution in [1.29, 1.82) is 0 Å². The molecule has 8 heteroatoms. The minimum Gasteiger partial charge on any atom is -0.476 e. The highest BCUT2D eigenvalue weighted by molar-refractivity contribution is 5.93. The predicted octanol–water partition coefficient (Wildman–Crippen LogP) is 4.67. The van der Waals surface area contributed by atoms with Crippen LogP contribution in [0.5, 0.6) is 0 Å². The highest BCUT2D eigenvalue weighted by Crippen LogP contribution is 2.30. The lowest BCUT2D eigenvalue weighted by Crippen LogP contribution is -2.32. The molecule has 0 amide bonds. The highest BCUT2D eigenvalue weighted by atomic mass is 16.7. The number of rotatable bonds is 12. The van der Waals surface area contributed by atoms with Crippen LogP contribution in [-0.2, 0) is 28.2 Å². The number of hydrogen-bond donors (Lipinski definition) is 1. The van der Waals surface area contributed by atoms with E-state index in [1.165, 1.54) is 6.20 Å². The van der Waals surface area contributed by atoms with Gasteiger partial charge in [-0.3, -0.25) is 0 Å². The Hall–Kier alpha value is -3.10. The SMILES string of the molecule is CCCCC(OC)(OC)c1nc(Cc2ccc(-c3cccnc3C(=O)O)cc2)n(CCC)n1. The van der Waals surface area contributed by atoms with Crippen LogP contribution in [0.1, 0.15) is 67.2 Å². The summed E-state index contributed by atoms with van der Waals surface area (Å²) < 4.78 is 13.4. The van der Waals surface area contributed by atoms with Crippen molar-refractivity contribution in [2.45, 2.75) is 58.3 Å². The van der Waals surface area contributed by atoms with Crippen molar-refractivity contribution in [2.75, 3.05) is 14.2 Å². The molecular formula is C25H32N4O4. The number of carbonyl (C=O) groups is 1. The summed E-state index contributed by atoms with van der Waals surface area (Å²) in [4.78, 5) is 20.3. The van der Waals surface area contributed by atoms with Gasteiger partial charge in [0.15, 0.2) is 5.69 Å². The van der Waals surface area contributed by atoms with Gasteiger partial charge in [-0.1, -0.05) is 50.6 Å². The van der Waals surface area contributed by atoms with Gasteiger partial charge in [0.1, 0.15) is 5.82 Å². The van der Waals surface area contributed by atoms with Gasteiger partial charge in [0.05, 0.1) is 0 Å². The number of nitrogens with zero attached hydrogens (tertiary/aromatic N) is 4. The summed E-state index contributed by atoms with van der Waals surface area (Å²) in [7, 11) is 3.25. The van der Waals surface area contributed by atoms with E-state index < -0.39 is 11.8 Å². The van der Waals surface area contributed by atoms with Gasteiger partial charge in [0, 0.05) is 45.4 Å². The van der Waals surface area contributed by atoms with E-state index >= 15 is 0 Å². The smallest absolute Gasteiger partial charge is 0.355 e. The average molecular weight is 453 g/mol. The second-order valence-electron chi connectivity index (χ2n) is 7.92. The lowest BCUT2D eigenvalue weighted by Gasteiger charge is -2.27. The molecule has 176 valence electrons. The molecule has 0 fully saturated rings. The third-order valence-corrected chi connectivity index (χ3v) is 5.68. The van der Waals surface area contributed by atoms with Crippen LogP contribution in [0.2, 0.25) is 0 Å². The number of methoxy groups -OCH3 is 2. The summed E-state index contributed by atoms with van der Waals surface area (Å²) in [5.74, 6) is -0.622. The van der Waals surface area contributed by atoms with Gasteiger partial charge in [0.25, 0.3) is 0 Å². The molecule has 2 aromatic heterocycles. The van der Waals surface area contributed by atoms with Crippen LogP contribution < -0.4 is 0 Å². The van der Waals surface area contributed by atoms with Gasteiger partial charge in [-0.2, -0.15) is 5.10 Å². The molecule has 0 bridgehead atoms. The van der Waals surface area contributed by atoms with Crippen molar-refractivity contribution in [3.8, 4) is 11.1 Å². The zero-order valence-electron chi connectivity index (χ0n) is 19.7. The largest absolute Gasteiger partial charge is 0.476 e. The van der Waals surface area contributed by atoms with Crippen LogP contribution in [0.15, 0.2) is 42.6 Å². The normalized spacial score (nSPS) is 11.6. The Labute approximate surface area is 194 Å².